The van der Waals surface area contributed by atoms with Crippen molar-refractivity contribution >= 4 is 5.97 Å². The van der Waals surface area contributed by atoms with E-state index in [-0.39, 0.29) is 6.07 Å². The zero-order chi connectivity index (χ0) is 11.6. The molecule has 0 aliphatic rings. The monoisotopic (exact) mass is 222 g/mol. The number of halogens is 4. The van der Waals surface area contributed by atoms with Gasteiger partial charge in [0.15, 0.2) is 0 Å². The molecule has 0 heterocycles. The SMILES string of the molecule is COC(=O)c1cc(F)cc(F)c1C(F)F. The van der Waals surface area contributed by atoms with Gasteiger partial charge in [-0.1, -0.05) is 0 Å². The lowest BCUT2D eigenvalue weighted by Gasteiger charge is -2.08. The lowest BCUT2D eigenvalue weighted by molar-refractivity contribution is 0.0586. The van der Waals surface area contributed by atoms with E-state index >= 15 is 0 Å². The van der Waals surface area contributed by atoms with Crippen LogP contribution >= 0.6 is 0 Å². The first-order valence-corrected chi connectivity index (χ1v) is 3.82. The Hall–Kier alpha value is -1.59. The number of esters is 1. The maximum atomic E-state index is 12.9. The highest BCUT2D eigenvalue weighted by molar-refractivity contribution is 5.91. The Balaban J connectivity index is 3.40. The van der Waals surface area contributed by atoms with Gasteiger partial charge in [0, 0.05) is 6.07 Å². The summed E-state index contributed by atoms with van der Waals surface area (Å²) in [4.78, 5) is 11.0. The van der Waals surface area contributed by atoms with E-state index in [0.717, 1.165) is 7.11 Å². The van der Waals surface area contributed by atoms with Gasteiger partial charge in [0.2, 0.25) is 0 Å². The van der Waals surface area contributed by atoms with Crippen LogP contribution in [-0.2, 0) is 4.74 Å². The average Bonchev–Trinajstić information content (AvgIpc) is 2.14. The molecule has 0 fully saturated rings. The van der Waals surface area contributed by atoms with Gasteiger partial charge in [-0.25, -0.2) is 22.4 Å². The van der Waals surface area contributed by atoms with Gasteiger partial charge < -0.3 is 4.74 Å². The second kappa shape index (κ2) is 4.29. The van der Waals surface area contributed by atoms with E-state index in [2.05, 4.69) is 4.74 Å². The standard InChI is InChI=1S/C9H6F4O2/c1-15-9(14)5-2-4(10)3-6(11)7(5)8(12)13/h2-3,8H,1H3. The van der Waals surface area contributed by atoms with Gasteiger partial charge in [0.05, 0.1) is 18.2 Å². The third-order valence-corrected chi connectivity index (χ3v) is 1.72. The van der Waals surface area contributed by atoms with Gasteiger partial charge in [0.25, 0.3) is 6.43 Å². The van der Waals surface area contributed by atoms with E-state index in [0.29, 0.717) is 6.07 Å². The van der Waals surface area contributed by atoms with Crippen molar-refractivity contribution in [1.82, 2.24) is 0 Å². The van der Waals surface area contributed by atoms with Crippen LogP contribution < -0.4 is 0 Å². The molecule has 82 valence electrons. The minimum atomic E-state index is -3.21. The summed E-state index contributed by atoms with van der Waals surface area (Å²) in [5.41, 5.74) is -1.95. The second-order valence-corrected chi connectivity index (χ2v) is 2.64. The van der Waals surface area contributed by atoms with Crippen LogP contribution in [0.15, 0.2) is 12.1 Å². The summed E-state index contributed by atoms with van der Waals surface area (Å²) in [6, 6.07) is 0.796. The minimum absolute atomic E-state index is 0.286. The maximum absolute atomic E-state index is 12.9. The number of benzene rings is 1. The molecule has 0 spiro atoms. The third-order valence-electron chi connectivity index (χ3n) is 1.72. The highest BCUT2D eigenvalue weighted by atomic mass is 19.3. The van der Waals surface area contributed by atoms with Crippen LogP contribution in [0.5, 0.6) is 0 Å². The number of hydrogen-bond donors (Lipinski definition) is 0. The van der Waals surface area contributed by atoms with Crippen LogP contribution in [0.3, 0.4) is 0 Å². The van der Waals surface area contributed by atoms with Gasteiger partial charge in [-0.05, 0) is 6.07 Å². The molecule has 0 saturated heterocycles. The first-order valence-electron chi connectivity index (χ1n) is 3.82. The van der Waals surface area contributed by atoms with Gasteiger partial charge in [0.1, 0.15) is 11.6 Å². The van der Waals surface area contributed by atoms with E-state index in [9.17, 15) is 22.4 Å². The molecule has 0 bridgehead atoms. The highest BCUT2D eigenvalue weighted by Gasteiger charge is 2.24. The molecular weight excluding hydrogens is 216 g/mol. The molecule has 0 aliphatic carbocycles. The molecule has 0 saturated carbocycles. The molecule has 0 N–H and O–H groups in total. The van der Waals surface area contributed by atoms with Crippen LogP contribution in [-0.4, -0.2) is 13.1 Å². The number of ether oxygens (including phenoxy) is 1. The fourth-order valence-corrected chi connectivity index (χ4v) is 1.09. The minimum Gasteiger partial charge on any atom is -0.465 e. The quantitative estimate of drug-likeness (QED) is 0.568. The summed E-state index contributed by atoms with van der Waals surface area (Å²) >= 11 is 0. The topological polar surface area (TPSA) is 26.3 Å². The Labute approximate surface area is 82.5 Å². The van der Waals surface area contributed by atoms with Crippen molar-refractivity contribution in [3.05, 3.63) is 34.9 Å². The average molecular weight is 222 g/mol. The molecule has 0 unspecified atom stereocenters. The predicted molar refractivity (Wildman–Crippen MR) is 42.7 cm³/mol. The fraction of sp³-hybridized carbons (Fsp3) is 0.222. The molecular formula is C9H6F4O2. The number of methoxy groups -OCH3 is 1. The molecule has 0 aromatic heterocycles. The molecule has 0 aliphatic heterocycles. The number of carbonyl (C=O) groups is 1. The summed E-state index contributed by atoms with van der Waals surface area (Å²) in [7, 11) is 0.931. The molecule has 6 heteroatoms. The molecule has 0 atom stereocenters. The summed E-state index contributed by atoms with van der Waals surface area (Å²) < 4.78 is 54.4. The van der Waals surface area contributed by atoms with Crippen molar-refractivity contribution in [2.45, 2.75) is 6.43 Å². The summed E-state index contributed by atoms with van der Waals surface area (Å²) in [5, 5.41) is 0. The molecule has 1 rings (SSSR count). The largest absolute Gasteiger partial charge is 0.465 e. The van der Waals surface area contributed by atoms with Crippen LogP contribution in [0.1, 0.15) is 22.3 Å². The van der Waals surface area contributed by atoms with Gasteiger partial charge >= 0.3 is 5.97 Å². The highest BCUT2D eigenvalue weighted by Crippen LogP contribution is 2.27. The molecule has 1 aromatic rings. The van der Waals surface area contributed by atoms with Crippen molar-refractivity contribution < 1.29 is 27.1 Å². The number of hydrogen-bond acceptors (Lipinski definition) is 2. The molecule has 0 radical (unpaired) electrons. The van der Waals surface area contributed by atoms with E-state index in [1.54, 1.807) is 0 Å². The first kappa shape index (κ1) is 11.5. The normalized spacial score (nSPS) is 10.5. The Morgan fingerprint density at radius 3 is 2.40 bits per heavy atom. The Bertz CT molecular complexity index is 390. The molecule has 2 nitrogen and oxygen atoms in total. The Kier molecular flexibility index (Phi) is 3.28. The van der Waals surface area contributed by atoms with Crippen molar-refractivity contribution in [2.24, 2.45) is 0 Å². The lowest BCUT2D eigenvalue weighted by Crippen LogP contribution is -2.09. The van der Waals surface area contributed by atoms with Crippen molar-refractivity contribution in [2.75, 3.05) is 7.11 Å². The Morgan fingerprint density at radius 2 is 1.93 bits per heavy atom. The molecule has 1 aromatic carbocycles. The van der Waals surface area contributed by atoms with Crippen LogP contribution in [0.25, 0.3) is 0 Å². The van der Waals surface area contributed by atoms with E-state index in [1.165, 1.54) is 0 Å². The third kappa shape index (κ3) is 2.26. The van der Waals surface area contributed by atoms with Crippen molar-refractivity contribution in [1.29, 1.82) is 0 Å². The van der Waals surface area contributed by atoms with Crippen molar-refractivity contribution in [3.63, 3.8) is 0 Å². The maximum Gasteiger partial charge on any atom is 0.338 e. The summed E-state index contributed by atoms with van der Waals surface area (Å²) in [6.45, 7) is 0. The second-order valence-electron chi connectivity index (χ2n) is 2.64. The predicted octanol–water partition coefficient (Wildman–Crippen LogP) is 2.69. The van der Waals surface area contributed by atoms with Crippen LogP contribution in [0.4, 0.5) is 17.6 Å². The van der Waals surface area contributed by atoms with Crippen LogP contribution in [0.2, 0.25) is 0 Å². The summed E-state index contributed by atoms with van der Waals surface area (Å²) in [5.74, 6) is -3.79. The van der Waals surface area contributed by atoms with E-state index in [4.69, 9.17) is 0 Å². The number of carbonyl (C=O) groups excluding carboxylic acids is 1. The zero-order valence-electron chi connectivity index (χ0n) is 7.56. The number of alkyl halides is 2. The zero-order valence-corrected chi connectivity index (χ0v) is 7.56. The van der Waals surface area contributed by atoms with Gasteiger partial charge in [-0.3, -0.25) is 0 Å². The molecule has 15 heavy (non-hydrogen) atoms. The van der Waals surface area contributed by atoms with E-state index in [1.807, 2.05) is 0 Å². The first-order chi connectivity index (χ1) is 6.97. The van der Waals surface area contributed by atoms with Gasteiger partial charge in [-0.15, -0.1) is 0 Å². The lowest BCUT2D eigenvalue weighted by atomic mass is 10.1. The van der Waals surface area contributed by atoms with Crippen molar-refractivity contribution in [3.8, 4) is 0 Å². The fourth-order valence-electron chi connectivity index (χ4n) is 1.09. The Morgan fingerprint density at radius 1 is 1.33 bits per heavy atom. The molecule has 0 amide bonds. The van der Waals surface area contributed by atoms with Crippen LogP contribution in [0, 0.1) is 11.6 Å². The van der Waals surface area contributed by atoms with Gasteiger partial charge in [-0.2, -0.15) is 0 Å². The number of rotatable bonds is 2. The smallest absolute Gasteiger partial charge is 0.338 e. The van der Waals surface area contributed by atoms with E-state index < -0.39 is 35.2 Å². The summed E-state index contributed by atoms with van der Waals surface area (Å²) in [6.07, 6.45) is -3.21.